The molecule has 2 aromatic rings. The number of carboxylic acid groups (broad SMARTS) is 1. The summed E-state index contributed by atoms with van der Waals surface area (Å²) in [5, 5.41) is 11.4. The van der Waals surface area contributed by atoms with E-state index in [4.69, 9.17) is 16.7 Å². The maximum Gasteiger partial charge on any atom is 0.346 e. The Morgan fingerprint density at radius 3 is 2.88 bits per heavy atom. The third kappa shape index (κ3) is 2.43. The fourth-order valence-corrected chi connectivity index (χ4v) is 2.50. The lowest BCUT2D eigenvalue weighted by molar-refractivity contribution is 0.0701. The molecule has 2 nitrogen and oxygen atoms in total. The van der Waals surface area contributed by atoms with Crippen LogP contribution >= 0.6 is 22.9 Å². The van der Waals surface area contributed by atoms with E-state index in [0.29, 0.717) is 16.3 Å². The highest BCUT2D eigenvalue weighted by atomic mass is 35.5. The van der Waals surface area contributed by atoms with Crippen LogP contribution in [0.5, 0.6) is 0 Å². The van der Waals surface area contributed by atoms with Crippen LogP contribution in [-0.4, -0.2) is 11.1 Å². The lowest BCUT2D eigenvalue weighted by Crippen LogP contribution is -1.98. The number of rotatable bonds is 3. The molecule has 2 rings (SSSR count). The molecule has 0 saturated heterocycles. The summed E-state index contributed by atoms with van der Waals surface area (Å²) in [5.41, 5.74) is 1.85. The van der Waals surface area contributed by atoms with Gasteiger partial charge in [0.2, 0.25) is 0 Å². The second kappa shape index (κ2) is 4.68. The van der Waals surface area contributed by atoms with Gasteiger partial charge in [0.15, 0.2) is 0 Å². The van der Waals surface area contributed by atoms with Gasteiger partial charge in [-0.25, -0.2) is 4.79 Å². The van der Waals surface area contributed by atoms with Crippen molar-refractivity contribution in [3.8, 4) is 0 Å². The highest BCUT2D eigenvalue weighted by Crippen LogP contribution is 2.21. The van der Waals surface area contributed by atoms with Gasteiger partial charge in [0.25, 0.3) is 0 Å². The second-order valence-electron chi connectivity index (χ2n) is 3.39. The van der Waals surface area contributed by atoms with E-state index in [2.05, 4.69) is 0 Å². The lowest BCUT2D eigenvalue weighted by atomic mass is 10.1. The number of carboxylic acids is 1. The zero-order valence-corrected chi connectivity index (χ0v) is 9.89. The van der Waals surface area contributed by atoms with Gasteiger partial charge < -0.3 is 5.11 Å². The van der Waals surface area contributed by atoms with Gasteiger partial charge in [0, 0.05) is 5.02 Å². The Bertz CT molecular complexity index is 519. The quantitative estimate of drug-likeness (QED) is 0.905. The standard InChI is InChI=1S/C12H9ClO2S/c13-10-3-1-2-8(7-10)6-9-4-5-16-11(9)12(14)15/h1-5,7H,6H2,(H,14,15). The molecule has 1 aromatic carbocycles. The number of aromatic carboxylic acids is 1. The van der Waals surface area contributed by atoms with Gasteiger partial charge in [0.1, 0.15) is 4.88 Å². The van der Waals surface area contributed by atoms with E-state index in [1.807, 2.05) is 24.3 Å². The molecule has 0 bridgehead atoms. The van der Waals surface area contributed by atoms with Crippen molar-refractivity contribution in [2.45, 2.75) is 6.42 Å². The summed E-state index contributed by atoms with van der Waals surface area (Å²) < 4.78 is 0. The summed E-state index contributed by atoms with van der Waals surface area (Å²) in [4.78, 5) is 11.3. The molecule has 0 unspecified atom stereocenters. The van der Waals surface area contributed by atoms with Crippen LogP contribution < -0.4 is 0 Å². The number of carbonyl (C=O) groups is 1. The Kier molecular flexibility index (Phi) is 3.27. The number of benzene rings is 1. The van der Waals surface area contributed by atoms with Crippen LogP contribution in [0.4, 0.5) is 0 Å². The van der Waals surface area contributed by atoms with Gasteiger partial charge >= 0.3 is 5.97 Å². The molecule has 16 heavy (non-hydrogen) atoms. The molecule has 1 N–H and O–H groups in total. The zero-order valence-electron chi connectivity index (χ0n) is 8.31. The highest BCUT2D eigenvalue weighted by molar-refractivity contribution is 7.12. The number of halogens is 1. The van der Waals surface area contributed by atoms with Crippen LogP contribution in [0.3, 0.4) is 0 Å². The largest absolute Gasteiger partial charge is 0.477 e. The molecule has 0 aliphatic rings. The molecule has 82 valence electrons. The number of thiophene rings is 1. The summed E-state index contributed by atoms with van der Waals surface area (Å²) in [5.74, 6) is -0.868. The first-order chi connectivity index (χ1) is 7.66. The van der Waals surface area contributed by atoms with Crippen LogP contribution in [0.1, 0.15) is 20.8 Å². The molecular formula is C12H9ClO2S. The van der Waals surface area contributed by atoms with Crippen molar-refractivity contribution in [3.63, 3.8) is 0 Å². The van der Waals surface area contributed by atoms with Crippen molar-refractivity contribution in [1.82, 2.24) is 0 Å². The molecule has 1 heterocycles. The number of hydrogen-bond donors (Lipinski definition) is 1. The Balaban J connectivity index is 2.27. The first kappa shape index (κ1) is 11.2. The van der Waals surface area contributed by atoms with Gasteiger partial charge in [0.05, 0.1) is 0 Å². The van der Waals surface area contributed by atoms with Gasteiger partial charge in [-0.3, -0.25) is 0 Å². The molecular weight excluding hydrogens is 244 g/mol. The molecule has 0 atom stereocenters. The van der Waals surface area contributed by atoms with Gasteiger partial charge in [-0.2, -0.15) is 0 Å². The maximum absolute atomic E-state index is 10.9. The van der Waals surface area contributed by atoms with Crippen LogP contribution in [0, 0.1) is 0 Å². The third-order valence-electron chi connectivity index (χ3n) is 2.22. The van der Waals surface area contributed by atoms with Crippen LogP contribution in [0.25, 0.3) is 0 Å². The minimum absolute atomic E-state index is 0.403. The maximum atomic E-state index is 10.9. The van der Waals surface area contributed by atoms with Crippen LogP contribution in [0.2, 0.25) is 5.02 Å². The Labute approximate surface area is 102 Å². The lowest BCUT2D eigenvalue weighted by Gasteiger charge is -2.01. The van der Waals surface area contributed by atoms with Crippen molar-refractivity contribution < 1.29 is 9.90 Å². The first-order valence-electron chi connectivity index (χ1n) is 4.71. The van der Waals surface area contributed by atoms with Gasteiger partial charge in [-0.15, -0.1) is 11.3 Å². The normalized spacial score (nSPS) is 10.3. The van der Waals surface area contributed by atoms with Crippen molar-refractivity contribution in [2.24, 2.45) is 0 Å². The van der Waals surface area contributed by atoms with E-state index in [9.17, 15) is 4.79 Å². The summed E-state index contributed by atoms with van der Waals surface area (Å²) in [7, 11) is 0. The Morgan fingerprint density at radius 1 is 1.38 bits per heavy atom. The minimum Gasteiger partial charge on any atom is -0.477 e. The van der Waals surface area contributed by atoms with E-state index in [0.717, 1.165) is 11.1 Å². The van der Waals surface area contributed by atoms with Crippen LogP contribution in [0.15, 0.2) is 35.7 Å². The fourth-order valence-electron chi connectivity index (χ4n) is 1.53. The molecule has 0 aliphatic carbocycles. The predicted molar refractivity (Wildman–Crippen MR) is 65.5 cm³/mol. The first-order valence-corrected chi connectivity index (χ1v) is 5.96. The topological polar surface area (TPSA) is 37.3 Å². The smallest absolute Gasteiger partial charge is 0.346 e. The molecule has 0 saturated carbocycles. The average molecular weight is 253 g/mol. The molecule has 4 heteroatoms. The molecule has 0 aliphatic heterocycles. The predicted octanol–water partition coefficient (Wildman–Crippen LogP) is 3.69. The van der Waals surface area contributed by atoms with E-state index >= 15 is 0 Å². The summed E-state index contributed by atoms with van der Waals surface area (Å²) >= 11 is 7.12. The summed E-state index contributed by atoms with van der Waals surface area (Å²) in [6.45, 7) is 0. The van der Waals surface area contributed by atoms with Gasteiger partial charge in [-0.1, -0.05) is 23.7 Å². The SMILES string of the molecule is O=C(O)c1sccc1Cc1cccc(Cl)c1. The monoisotopic (exact) mass is 252 g/mol. The van der Waals surface area contributed by atoms with Crippen molar-refractivity contribution >= 4 is 28.9 Å². The van der Waals surface area contributed by atoms with E-state index in [-0.39, 0.29) is 0 Å². The second-order valence-corrected chi connectivity index (χ2v) is 4.74. The molecule has 0 fully saturated rings. The number of hydrogen-bond acceptors (Lipinski definition) is 2. The molecule has 1 aromatic heterocycles. The molecule has 0 radical (unpaired) electrons. The Morgan fingerprint density at radius 2 is 2.19 bits per heavy atom. The van der Waals surface area contributed by atoms with E-state index in [1.165, 1.54) is 11.3 Å². The molecule has 0 spiro atoms. The Hall–Kier alpha value is -1.32. The molecule has 0 amide bonds. The van der Waals surface area contributed by atoms with Crippen molar-refractivity contribution in [2.75, 3.05) is 0 Å². The fraction of sp³-hybridized carbons (Fsp3) is 0.0833. The van der Waals surface area contributed by atoms with E-state index in [1.54, 1.807) is 11.4 Å². The van der Waals surface area contributed by atoms with E-state index < -0.39 is 5.97 Å². The minimum atomic E-state index is -0.868. The van der Waals surface area contributed by atoms with Crippen molar-refractivity contribution in [3.05, 3.63) is 56.7 Å². The van der Waals surface area contributed by atoms with Crippen LogP contribution in [-0.2, 0) is 6.42 Å². The van der Waals surface area contributed by atoms with Crippen molar-refractivity contribution in [1.29, 1.82) is 0 Å². The summed E-state index contributed by atoms with van der Waals surface area (Å²) in [6, 6.07) is 9.30. The average Bonchev–Trinajstić information content (AvgIpc) is 2.66. The zero-order chi connectivity index (χ0) is 11.5. The third-order valence-corrected chi connectivity index (χ3v) is 3.40. The van der Waals surface area contributed by atoms with Gasteiger partial charge in [-0.05, 0) is 41.1 Å². The summed E-state index contributed by atoms with van der Waals surface area (Å²) in [6.07, 6.45) is 0.603. The highest BCUT2D eigenvalue weighted by Gasteiger charge is 2.11.